The van der Waals surface area contributed by atoms with Crippen LogP contribution in [0.1, 0.15) is 6.92 Å². The van der Waals surface area contributed by atoms with E-state index in [4.69, 9.17) is 0 Å². The average Bonchev–Trinajstić information content (AvgIpc) is 1.86. The molecule has 0 spiro atoms. The molecule has 0 radical (unpaired) electrons. The number of nitrogens with one attached hydrogen (secondary N) is 2. The third-order valence-corrected chi connectivity index (χ3v) is 1.24. The fourth-order valence-electron chi connectivity index (χ4n) is 0.694. The number of likely N-dealkylation sites (N-methyl/N-ethyl adjacent to an activating group) is 2. The van der Waals surface area contributed by atoms with Gasteiger partial charge in [-0.05, 0) is 14.0 Å². The minimum absolute atomic E-state index is 0.257. The van der Waals surface area contributed by atoms with Crippen LogP contribution in [0.4, 0.5) is 0 Å². The molecule has 0 aliphatic heterocycles. The average molecular weight is 146 g/mol. The van der Waals surface area contributed by atoms with Crippen molar-refractivity contribution >= 4 is 5.91 Å². The van der Waals surface area contributed by atoms with Crippen molar-refractivity contribution in [2.75, 3.05) is 20.6 Å². The van der Waals surface area contributed by atoms with Crippen LogP contribution in [0.15, 0.2) is 0 Å². The largest absolute Gasteiger partial charge is 0.379 e. The molecule has 10 heavy (non-hydrogen) atoms. The van der Waals surface area contributed by atoms with Crippen molar-refractivity contribution in [2.24, 2.45) is 0 Å². The lowest BCUT2D eigenvalue weighted by atomic mass is 10.1. The molecule has 0 fully saturated rings. The van der Waals surface area contributed by atoms with Gasteiger partial charge in [-0.3, -0.25) is 4.79 Å². The van der Waals surface area contributed by atoms with E-state index in [9.17, 15) is 9.90 Å². The van der Waals surface area contributed by atoms with Gasteiger partial charge >= 0.3 is 0 Å². The van der Waals surface area contributed by atoms with E-state index >= 15 is 0 Å². The standard InChI is InChI=1S/C6H14N2O2/c1-6(10,4-7-2)5(9)8-3/h7,10H,4H2,1-3H3,(H,8,9). The van der Waals surface area contributed by atoms with E-state index in [-0.39, 0.29) is 12.5 Å². The second-order valence-electron chi connectivity index (χ2n) is 2.38. The Morgan fingerprint density at radius 1 is 1.60 bits per heavy atom. The molecule has 0 saturated carbocycles. The second kappa shape index (κ2) is 3.53. The van der Waals surface area contributed by atoms with E-state index in [0.29, 0.717) is 0 Å². The third-order valence-electron chi connectivity index (χ3n) is 1.24. The summed E-state index contributed by atoms with van der Waals surface area (Å²) >= 11 is 0. The van der Waals surface area contributed by atoms with Gasteiger partial charge in [-0.2, -0.15) is 0 Å². The highest BCUT2D eigenvalue weighted by molar-refractivity contribution is 5.84. The third kappa shape index (κ3) is 2.33. The molecule has 4 nitrogen and oxygen atoms in total. The SMILES string of the molecule is CNCC(C)(O)C(=O)NC. The molecule has 3 N–H and O–H groups in total. The molecule has 4 heteroatoms. The Labute approximate surface area is 60.6 Å². The summed E-state index contributed by atoms with van der Waals surface area (Å²) in [5.41, 5.74) is -1.30. The monoisotopic (exact) mass is 146 g/mol. The molecule has 0 aromatic heterocycles. The summed E-state index contributed by atoms with van der Waals surface area (Å²) < 4.78 is 0. The van der Waals surface area contributed by atoms with Crippen molar-refractivity contribution in [3.63, 3.8) is 0 Å². The van der Waals surface area contributed by atoms with Crippen LogP contribution in [-0.2, 0) is 4.79 Å². The normalized spacial score (nSPS) is 16.0. The summed E-state index contributed by atoms with van der Waals surface area (Å²) in [5, 5.41) is 14.4. The van der Waals surface area contributed by atoms with E-state index in [1.807, 2.05) is 0 Å². The maximum absolute atomic E-state index is 10.8. The van der Waals surface area contributed by atoms with Gasteiger partial charge in [0.15, 0.2) is 5.60 Å². The minimum Gasteiger partial charge on any atom is -0.379 e. The summed E-state index contributed by atoms with van der Waals surface area (Å²) in [7, 11) is 3.17. The zero-order chi connectivity index (χ0) is 8.20. The zero-order valence-electron chi connectivity index (χ0n) is 6.56. The van der Waals surface area contributed by atoms with Gasteiger partial charge < -0.3 is 15.7 Å². The maximum atomic E-state index is 10.8. The van der Waals surface area contributed by atoms with Gasteiger partial charge in [0.05, 0.1) is 0 Å². The van der Waals surface area contributed by atoms with Crippen molar-refractivity contribution in [3.8, 4) is 0 Å². The fraction of sp³-hybridized carbons (Fsp3) is 0.833. The summed E-state index contributed by atoms with van der Waals surface area (Å²) in [5.74, 6) is -0.373. The Bertz CT molecular complexity index is 123. The van der Waals surface area contributed by atoms with Gasteiger partial charge in [-0.1, -0.05) is 0 Å². The molecule has 0 aliphatic rings. The number of carbonyl (C=O) groups excluding carboxylic acids is 1. The molecule has 1 amide bonds. The van der Waals surface area contributed by atoms with Crippen molar-refractivity contribution < 1.29 is 9.90 Å². The summed E-state index contributed by atoms with van der Waals surface area (Å²) in [4.78, 5) is 10.8. The zero-order valence-corrected chi connectivity index (χ0v) is 6.56. The quantitative estimate of drug-likeness (QED) is 0.464. The van der Waals surface area contributed by atoms with Crippen LogP contribution in [0.5, 0.6) is 0 Å². The van der Waals surface area contributed by atoms with Crippen molar-refractivity contribution in [1.29, 1.82) is 0 Å². The van der Waals surface area contributed by atoms with Crippen LogP contribution in [0.2, 0.25) is 0 Å². The van der Waals surface area contributed by atoms with E-state index in [2.05, 4.69) is 10.6 Å². The van der Waals surface area contributed by atoms with Crippen LogP contribution in [0.3, 0.4) is 0 Å². The van der Waals surface area contributed by atoms with Gasteiger partial charge in [0, 0.05) is 13.6 Å². The fourth-order valence-corrected chi connectivity index (χ4v) is 0.694. The van der Waals surface area contributed by atoms with Gasteiger partial charge in [0.25, 0.3) is 5.91 Å². The molecular weight excluding hydrogens is 132 g/mol. The van der Waals surface area contributed by atoms with Crippen molar-refractivity contribution in [3.05, 3.63) is 0 Å². The molecule has 1 atom stereocenters. The lowest BCUT2D eigenvalue weighted by Crippen LogP contribution is -2.49. The van der Waals surface area contributed by atoms with Crippen LogP contribution >= 0.6 is 0 Å². The Morgan fingerprint density at radius 2 is 2.10 bits per heavy atom. The smallest absolute Gasteiger partial charge is 0.252 e. The van der Waals surface area contributed by atoms with Gasteiger partial charge in [0.2, 0.25) is 0 Å². The van der Waals surface area contributed by atoms with E-state index in [0.717, 1.165) is 0 Å². The Hall–Kier alpha value is -0.610. The highest BCUT2D eigenvalue weighted by Gasteiger charge is 2.27. The first-order chi connectivity index (χ1) is 4.54. The molecule has 1 unspecified atom stereocenters. The van der Waals surface area contributed by atoms with Crippen molar-refractivity contribution in [1.82, 2.24) is 10.6 Å². The predicted molar refractivity (Wildman–Crippen MR) is 38.6 cm³/mol. The molecule has 0 aliphatic carbocycles. The predicted octanol–water partition coefficient (Wildman–Crippen LogP) is -1.30. The number of aliphatic hydroxyl groups is 1. The number of hydrogen-bond acceptors (Lipinski definition) is 3. The summed E-state index contributed by atoms with van der Waals surface area (Å²) in [6.45, 7) is 1.72. The maximum Gasteiger partial charge on any atom is 0.252 e. The topological polar surface area (TPSA) is 61.4 Å². The molecule has 0 bridgehead atoms. The minimum atomic E-state index is -1.30. The molecule has 0 rings (SSSR count). The van der Waals surface area contributed by atoms with Crippen LogP contribution in [-0.4, -0.2) is 37.3 Å². The summed E-state index contributed by atoms with van der Waals surface area (Å²) in [6.07, 6.45) is 0. The molecule has 60 valence electrons. The summed E-state index contributed by atoms with van der Waals surface area (Å²) in [6, 6.07) is 0. The number of carbonyl (C=O) groups is 1. The molecule has 0 saturated heterocycles. The van der Waals surface area contributed by atoms with Crippen LogP contribution in [0.25, 0.3) is 0 Å². The Balaban J connectivity index is 3.96. The van der Waals surface area contributed by atoms with E-state index in [1.165, 1.54) is 14.0 Å². The lowest BCUT2D eigenvalue weighted by molar-refractivity contribution is -0.137. The van der Waals surface area contributed by atoms with Gasteiger partial charge in [-0.15, -0.1) is 0 Å². The van der Waals surface area contributed by atoms with Gasteiger partial charge in [0.1, 0.15) is 0 Å². The number of amides is 1. The highest BCUT2D eigenvalue weighted by Crippen LogP contribution is 1.99. The first-order valence-electron chi connectivity index (χ1n) is 3.13. The molecule has 0 aromatic rings. The number of hydrogen-bond donors (Lipinski definition) is 3. The lowest BCUT2D eigenvalue weighted by Gasteiger charge is -2.19. The van der Waals surface area contributed by atoms with E-state index in [1.54, 1.807) is 7.05 Å². The molecular formula is C6H14N2O2. The van der Waals surface area contributed by atoms with Crippen molar-refractivity contribution in [2.45, 2.75) is 12.5 Å². The van der Waals surface area contributed by atoms with Crippen LogP contribution < -0.4 is 10.6 Å². The van der Waals surface area contributed by atoms with Gasteiger partial charge in [-0.25, -0.2) is 0 Å². The first kappa shape index (κ1) is 9.39. The number of rotatable bonds is 3. The molecule has 0 aromatic carbocycles. The molecule has 0 heterocycles. The second-order valence-corrected chi connectivity index (χ2v) is 2.38. The highest BCUT2D eigenvalue weighted by atomic mass is 16.3. The van der Waals surface area contributed by atoms with E-state index < -0.39 is 5.60 Å². The van der Waals surface area contributed by atoms with Crippen LogP contribution in [0, 0.1) is 0 Å². The Kier molecular flexibility index (Phi) is 3.32. The first-order valence-corrected chi connectivity index (χ1v) is 3.13. The Morgan fingerprint density at radius 3 is 2.40 bits per heavy atom.